The van der Waals surface area contributed by atoms with Crippen molar-refractivity contribution in [2.75, 3.05) is 24.1 Å². The summed E-state index contributed by atoms with van der Waals surface area (Å²) in [6.07, 6.45) is 0.883. The topological polar surface area (TPSA) is 141 Å². The number of nitrogens with zero attached hydrogens (tertiary/aromatic N) is 2. The number of pyridine rings is 1. The van der Waals surface area contributed by atoms with E-state index in [1.807, 2.05) is 60.7 Å². The Morgan fingerprint density at radius 2 is 1.79 bits per heavy atom. The molecule has 3 amide bonds. The molecule has 3 heterocycles. The number of nitrogens with one attached hydrogen (secondary N) is 1. The number of hydrogen-bond acceptors (Lipinski definition) is 7. The second-order valence-electron chi connectivity index (χ2n) is 9.12. The quantitative estimate of drug-likeness (QED) is 0.333. The molecule has 4 aromatic rings. The normalized spacial score (nSPS) is 15.3. The van der Waals surface area contributed by atoms with Gasteiger partial charge in [0.05, 0.1) is 11.6 Å². The highest BCUT2D eigenvalue weighted by atomic mass is 32.1. The molecule has 5 N–H and O–H groups in total. The highest BCUT2D eigenvalue weighted by molar-refractivity contribution is 7.21. The molecule has 1 saturated heterocycles. The predicted octanol–water partition coefficient (Wildman–Crippen LogP) is 4.63. The average Bonchev–Trinajstić information content (AvgIpc) is 3.28. The molecule has 5 rings (SSSR count). The summed E-state index contributed by atoms with van der Waals surface area (Å²) in [7, 11) is 0. The van der Waals surface area contributed by atoms with Gasteiger partial charge in [0.2, 0.25) is 5.91 Å². The van der Waals surface area contributed by atoms with Crippen molar-refractivity contribution >= 4 is 51.0 Å². The van der Waals surface area contributed by atoms with Crippen LogP contribution in [0.25, 0.3) is 21.3 Å². The third-order valence-corrected chi connectivity index (χ3v) is 7.63. The number of nitrogens with two attached hydrogens (primary N) is 2. The van der Waals surface area contributed by atoms with Gasteiger partial charge in [-0.15, -0.1) is 11.3 Å². The van der Waals surface area contributed by atoms with Crippen molar-refractivity contribution in [1.29, 1.82) is 0 Å². The van der Waals surface area contributed by atoms with E-state index in [1.165, 1.54) is 0 Å². The van der Waals surface area contributed by atoms with Gasteiger partial charge < -0.3 is 26.4 Å². The van der Waals surface area contributed by atoms with Crippen LogP contribution in [0.2, 0.25) is 0 Å². The summed E-state index contributed by atoms with van der Waals surface area (Å²) >= 11 is 1.09. The fourth-order valence-corrected chi connectivity index (χ4v) is 5.58. The lowest BCUT2D eigenvalue weighted by Gasteiger charge is -2.31. The Labute approximate surface area is 223 Å². The first kappa shape index (κ1) is 25.2. The maximum absolute atomic E-state index is 13.3. The Morgan fingerprint density at radius 1 is 1.08 bits per heavy atom. The molecule has 1 unspecified atom stereocenters. The van der Waals surface area contributed by atoms with E-state index in [-0.39, 0.29) is 29.6 Å². The van der Waals surface area contributed by atoms with Gasteiger partial charge in [0.1, 0.15) is 22.1 Å². The number of anilines is 2. The fraction of sp³-hybridized carbons (Fsp3) is 0.214. The van der Waals surface area contributed by atoms with Crippen molar-refractivity contribution < 1.29 is 19.1 Å². The third-order valence-electron chi connectivity index (χ3n) is 6.51. The van der Waals surface area contributed by atoms with Gasteiger partial charge in [-0.05, 0) is 35.6 Å². The first-order valence-corrected chi connectivity index (χ1v) is 13.1. The minimum absolute atomic E-state index is 0.177. The number of likely N-dealkylation sites (tertiary alicyclic amines) is 1. The van der Waals surface area contributed by atoms with E-state index in [9.17, 15) is 14.4 Å². The molecule has 0 spiro atoms. The Morgan fingerprint density at radius 3 is 2.50 bits per heavy atom. The van der Waals surface area contributed by atoms with E-state index in [4.69, 9.17) is 16.2 Å². The Balaban J connectivity index is 1.34. The molecule has 194 valence electrons. The summed E-state index contributed by atoms with van der Waals surface area (Å²) in [5.74, 6) is -0.949. The maximum atomic E-state index is 13.3. The highest BCUT2D eigenvalue weighted by Crippen LogP contribution is 2.40. The summed E-state index contributed by atoms with van der Waals surface area (Å²) in [6.45, 7) is 0.964. The number of fused-ring (bicyclic) bond motifs is 1. The molecule has 2 aromatic heterocycles. The molecule has 10 heteroatoms. The van der Waals surface area contributed by atoms with Gasteiger partial charge in [0.25, 0.3) is 5.91 Å². The van der Waals surface area contributed by atoms with E-state index in [0.29, 0.717) is 35.4 Å². The number of carbonyl (C=O) groups is 3. The lowest BCUT2D eigenvalue weighted by atomic mass is 9.97. The second kappa shape index (κ2) is 10.9. The Bertz CT molecular complexity index is 1490. The van der Waals surface area contributed by atoms with Crippen LogP contribution in [0.5, 0.6) is 0 Å². The van der Waals surface area contributed by atoms with Crippen molar-refractivity contribution in [3.63, 3.8) is 0 Å². The van der Waals surface area contributed by atoms with Gasteiger partial charge >= 0.3 is 6.09 Å². The van der Waals surface area contributed by atoms with Crippen LogP contribution in [0, 0.1) is 5.92 Å². The Kier molecular flexibility index (Phi) is 7.23. The van der Waals surface area contributed by atoms with Crippen LogP contribution in [-0.2, 0) is 16.1 Å². The van der Waals surface area contributed by atoms with E-state index < -0.39 is 17.9 Å². The number of aromatic nitrogens is 1. The minimum Gasteiger partial charge on any atom is -0.445 e. The average molecular weight is 530 g/mol. The molecule has 1 fully saturated rings. The number of piperidine rings is 1. The molecular weight excluding hydrogens is 502 g/mol. The molecule has 0 saturated carbocycles. The molecule has 0 bridgehead atoms. The molecule has 1 aliphatic rings. The van der Waals surface area contributed by atoms with Crippen molar-refractivity contribution in [3.05, 3.63) is 77.2 Å². The summed E-state index contributed by atoms with van der Waals surface area (Å²) in [4.78, 5) is 44.7. The molecule has 0 radical (unpaired) electrons. The largest absolute Gasteiger partial charge is 0.445 e. The number of primary amides is 1. The van der Waals surface area contributed by atoms with Crippen LogP contribution in [0.4, 0.5) is 16.3 Å². The van der Waals surface area contributed by atoms with Crippen LogP contribution in [0.3, 0.4) is 0 Å². The van der Waals surface area contributed by atoms with Gasteiger partial charge in [-0.3, -0.25) is 9.59 Å². The van der Waals surface area contributed by atoms with Crippen molar-refractivity contribution in [1.82, 2.24) is 9.88 Å². The van der Waals surface area contributed by atoms with E-state index in [2.05, 4.69) is 10.3 Å². The maximum Gasteiger partial charge on any atom is 0.410 e. The number of carbonyl (C=O) groups excluding carboxylic acids is 3. The van der Waals surface area contributed by atoms with Gasteiger partial charge in [-0.25, -0.2) is 9.78 Å². The Hall–Kier alpha value is -4.44. The SMILES string of the molecule is NC(=O)c1sc2nc(NC(=O)C3CCCN(C(=O)OCc4ccccc4)C3)cc(-c3ccccc3)c2c1N. The molecule has 1 aliphatic heterocycles. The molecular formula is C28H27N5O4S. The van der Waals surface area contributed by atoms with Gasteiger partial charge in [0.15, 0.2) is 0 Å². The van der Waals surface area contributed by atoms with Crippen molar-refractivity contribution in [2.45, 2.75) is 19.4 Å². The molecule has 2 aromatic carbocycles. The zero-order valence-corrected chi connectivity index (χ0v) is 21.4. The van der Waals surface area contributed by atoms with Crippen LogP contribution >= 0.6 is 11.3 Å². The number of rotatable bonds is 6. The lowest BCUT2D eigenvalue weighted by molar-refractivity contribution is -0.121. The molecule has 9 nitrogen and oxygen atoms in total. The van der Waals surface area contributed by atoms with E-state index >= 15 is 0 Å². The first-order chi connectivity index (χ1) is 18.4. The van der Waals surface area contributed by atoms with Crippen molar-refractivity contribution in [3.8, 4) is 11.1 Å². The van der Waals surface area contributed by atoms with Crippen LogP contribution in [-0.4, -0.2) is 40.9 Å². The molecule has 38 heavy (non-hydrogen) atoms. The van der Waals surface area contributed by atoms with Crippen molar-refractivity contribution in [2.24, 2.45) is 11.7 Å². The summed E-state index contributed by atoms with van der Waals surface area (Å²) < 4.78 is 5.45. The smallest absolute Gasteiger partial charge is 0.410 e. The number of ether oxygens (including phenoxy) is 1. The van der Waals surface area contributed by atoms with Gasteiger partial charge in [-0.2, -0.15) is 0 Å². The number of benzene rings is 2. The zero-order chi connectivity index (χ0) is 26.6. The van der Waals surface area contributed by atoms with E-state index in [0.717, 1.165) is 28.0 Å². The second-order valence-corrected chi connectivity index (χ2v) is 10.1. The standard InChI is InChI=1S/C28H27N5O4S/c29-23-22-20(18-10-5-2-6-11-18)14-21(32-27(22)38-24(23)25(30)34)31-26(35)19-12-7-13-33(15-19)28(36)37-16-17-8-3-1-4-9-17/h1-6,8-11,14,19H,7,12-13,15-16,29H2,(H2,30,34)(H,31,32,35). The zero-order valence-electron chi connectivity index (χ0n) is 20.6. The summed E-state index contributed by atoms with van der Waals surface area (Å²) in [6, 6.07) is 20.7. The summed E-state index contributed by atoms with van der Waals surface area (Å²) in [5, 5.41) is 3.53. The van der Waals surface area contributed by atoms with Crippen LogP contribution in [0.15, 0.2) is 66.7 Å². The highest BCUT2D eigenvalue weighted by Gasteiger charge is 2.30. The van der Waals surface area contributed by atoms with E-state index in [1.54, 1.807) is 11.0 Å². The number of nitrogen functional groups attached to an aromatic ring is 1. The number of thiophene rings is 1. The monoisotopic (exact) mass is 529 g/mol. The van der Waals surface area contributed by atoms with Crippen LogP contribution < -0.4 is 16.8 Å². The summed E-state index contributed by atoms with van der Waals surface area (Å²) in [5.41, 5.74) is 14.6. The number of hydrogen-bond donors (Lipinski definition) is 3. The first-order valence-electron chi connectivity index (χ1n) is 12.3. The minimum atomic E-state index is -0.628. The molecule has 0 aliphatic carbocycles. The van der Waals surface area contributed by atoms with Gasteiger partial charge in [-0.1, -0.05) is 60.7 Å². The molecule has 1 atom stereocenters. The third kappa shape index (κ3) is 5.30. The lowest BCUT2D eigenvalue weighted by Crippen LogP contribution is -2.44. The fourth-order valence-electron chi connectivity index (χ4n) is 4.61. The van der Waals surface area contributed by atoms with Crippen LogP contribution in [0.1, 0.15) is 28.1 Å². The number of amides is 3. The predicted molar refractivity (Wildman–Crippen MR) is 148 cm³/mol. The van der Waals surface area contributed by atoms with Gasteiger partial charge in [0, 0.05) is 18.5 Å².